The first-order chi connectivity index (χ1) is 11.2. The quantitative estimate of drug-likeness (QED) is 0.835. The van der Waals surface area contributed by atoms with E-state index in [1.54, 1.807) is 0 Å². The van der Waals surface area contributed by atoms with E-state index in [0.717, 1.165) is 0 Å². The minimum absolute atomic E-state index is 0.00815. The Morgan fingerprint density at radius 1 is 1.42 bits per heavy atom. The molecule has 0 radical (unpaired) electrons. The van der Waals surface area contributed by atoms with Gasteiger partial charge in [0.05, 0.1) is 5.92 Å². The maximum atomic E-state index is 14.5. The van der Waals surface area contributed by atoms with Crippen LogP contribution < -0.4 is 5.73 Å². The summed E-state index contributed by atoms with van der Waals surface area (Å²) in [5.41, 5.74) is 5.97. The average molecular weight is 347 g/mol. The molecule has 0 saturated carbocycles. The lowest BCUT2D eigenvalue weighted by atomic mass is 9.70. The Labute approximate surface area is 144 Å². The van der Waals surface area contributed by atoms with Crippen molar-refractivity contribution in [2.45, 2.75) is 32.6 Å². The number of rotatable bonds is 1. The highest BCUT2D eigenvalue weighted by atomic mass is 35.5. The summed E-state index contributed by atoms with van der Waals surface area (Å²) in [6.07, 6.45) is 0.770. The Morgan fingerprint density at radius 2 is 2.12 bits per heavy atom. The van der Waals surface area contributed by atoms with Gasteiger partial charge in [0.15, 0.2) is 5.78 Å². The Morgan fingerprint density at radius 3 is 2.75 bits per heavy atom. The summed E-state index contributed by atoms with van der Waals surface area (Å²) in [7, 11) is 0. The topological polar surface area (TPSA) is 76.1 Å². The van der Waals surface area contributed by atoms with E-state index in [0.29, 0.717) is 12.2 Å². The summed E-state index contributed by atoms with van der Waals surface area (Å²) in [5.74, 6) is -1.40. The minimum Gasteiger partial charge on any atom is -0.444 e. The van der Waals surface area contributed by atoms with Gasteiger partial charge in [-0.2, -0.15) is 5.26 Å². The fourth-order valence-electron chi connectivity index (χ4n) is 3.36. The second-order valence-electron chi connectivity index (χ2n) is 6.84. The van der Waals surface area contributed by atoms with Crippen LogP contribution in [0.1, 0.15) is 38.2 Å². The summed E-state index contributed by atoms with van der Waals surface area (Å²) in [5, 5.41) is 9.63. The molecule has 0 amide bonds. The standard InChI is InChI=1S/C18H16ClFN2O2/c1-18(2)6-12(23)16-13(7-18)24-17(22)9(8-21)14(16)15-10(19)4-3-5-11(15)20/h3-5,14H,6-7,22H2,1-2H3. The zero-order valence-electron chi connectivity index (χ0n) is 13.3. The van der Waals surface area contributed by atoms with Gasteiger partial charge in [0, 0.05) is 29.0 Å². The van der Waals surface area contributed by atoms with Crippen molar-refractivity contribution in [3.05, 3.63) is 57.4 Å². The van der Waals surface area contributed by atoms with Gasteiger partial charge < -0.3 is 10.5 Å². The average Bonchev–Trinajstić information content (AvgIpc) is 2.44. The summed E-state index contributed by atoms with van der Waals surface area (Å²) in [6, 6.07) is 6.20. The molecule has 1 aromatic rings. The van der Waals surface area contributed by atoms with Gasteiger partial charge in [-0.25, -0.2) is 4.39 Å². The molecule has 0 saturated heterocycles. The van der Waals surface area contributed by atoms with Crippen LogP contribution in [0.15, 0.2) is 41.0 Å². The summed E-state index contributed by atoms with van der Waals surface area (Å²) in [6.45, 7) is 3.89. The van der Waals surface area contributed by atoms with Gasteiger partial charge in [0.2, 0.25) is 5.88 Å². The summed E-state index contributed by atoms with van der Waals surface area (Å²) >= 11 is 6.18. The van der Waals surface area contributed by atoms with E-state index < -0.39 is 11.7 Å². The van der Waals surface area contributed by atoms with E-state index in [1.807, 2.05) is 19.9 Å². The highest BCUT2D eigenvalue weighted by Crippen LogP contribution is 2.49. The number of halogens is 2. The molecule has 0 aromatic heterocycles. The highest BCUT2D eigenvalue weighted by molar-refractivity contribution is 6.31. The monoisotopic (exact) mass is 346 g/mol. The Kier molecular flexibility index (Phi) is 3.89. The fourth-order valence-corrected chi connectivity index (χ4v) is 3.63. The number of hydrogen-bond acceptors (Lipinski definition) is 4. The molecular formula is C18H16ClFN2O2. The molecule has 1 aliphatic heterocycles. The lowest BCUT2D eigenvalue weighted by molar-refractivity contribution is -0.119. The van der Waals surface area contributed by atoms with Crippen LogP contribution in [0.2, 0.25) is 5.02 Å². The van der Waals surface area contributed by atoms with Crippen molar-refractivity contribution in [2.24, 2.45) is 11.1 Å². The van der Waals surface area contributed by atoms with Crippen LogP contribution in [0.25, 0.3) is 0 Å². The number of nitriles is 1. The lowest BCUT2D eigenvalue weighted by Gasteiger charge is -2.37. The molecule has 24 heavy (non-hydrogen) atoms. The van der Waals surface area contributed by atoms with Crippen molar-refractivity contribution in [3.8, 4) is 6.07 Å². The van der Waals surface area contributed by atoms with Crippen molar-refractivity contribution in [2.75, 3.05) is 0 Å². The molecule has 1 aromatic carbocycles. The van der Waals surface area contributed by atoms with Crippen molar-refractivity contribution in [1.82, 2.24) is 0 Å². The summed E-state index contributed by atoms with van der Waals surface area (Å²) in [4.78, 5) is 12.7. The Bertz CT molecular complexity index is 829. The Hall–Kier alpha value is -2.32. The molecule has 1 aliphatic carbocycles. The number of allylic oxidation sites excluding steroid dienone is 3. The van der Waals surface area contributed by atoms with E-state index >= 15 is 0 Å². The number of carbonyl (C=O) groups excluding carboxylic acids is 1. The zero-order chi connectivity index (χ0) is 17.6. The van der Waals surface area contributed by atoms with Gasteiger partial charge in [-0.15, -0.1) is 0 Å². The minimum atomic E-state index is -0.934. The second-order valence-corrected chi connectivity index (χ2v) is 7.25. The van der Waals surface area contributed by atoms with Crippen LogP contribution in [0.5, 0.6) is 0 Å². The fraction of sp³-hybridized carbons (Fsp3) is 0.333. The third-order valence-electron chi connectivity index (χ3n) is 4.36. The van der Waals surface area contributed by atoms with Crippen molar-refractivity contribution in [3.63, 3.8) is 0 Å². The lowest BCUT2D eigenvalue weighted by Crippen LogP contribution is -2.33. The van der Waals surface area contributed by atoms with Crippen LogP contribution >= 0.6 is 11.6 Å². The normalized spacial score (nSPS) is 22.8. The number of carbonyl (C=O) groups is 1. The number of ether oxygens (including phenoxy) is 1. The number of benzene rings is 1. The van der Waals surface area contributed by atoms with E-state index in [4.69, 9.17) is 22.1 Å². The van der Waals surface area contributed by atoms with E-state index in [2.05, 4.69) is 0 Å². The predicted molar refractivity (Wildman–Crippen MR) is 87.1 cm³/mol. The van der Waals surface area contributed by atoms with Gasteiger partial charge in [-0.05, 0) is 17.5 Å². The SMILES string of the molecule is CC1(C)CC(=O)C2=C(C1)OC(N)=C(C#N)C2c1c(F)cccc1Cl. The molecule has 4 nitrogen and oxygen atoms in total. The van der Waals surface area contributed by atoms with Gasteiger partial charge in [-0.1, -0.05) is 31.5 Å². The molecule has 2 N–H and O–H groups in total. The molecule has 6 heteroatoms. The molecule has 1 heterocycles. The highest BCUT2D eigenvalue weighted by Gasteiger charge is 2.44. The molecule has 2 aliphatic rings. The third kappa shape index (κ3) is 2.57. The van der Waals surface area contributed by atoms with Gasteiger partial charge in [0.1, 0.15) is 23.2 Å². The molecule has 1 atom stereocenters. The van der Waals surface area contributed by atoms with E-state index in [-0.39, 0.29) is 45.2 Å². The van der Waals surface area contributed by atoms with Crippen molar-refractivity contribution in [1.29, 1.82) is 5.26 Å². The first-order valence-electron chi connectivity index (χ1n) is 7.53. The van der Waals surface area contributed by atoms with Crippen molar-refractivity contribution < 1.29 is 13.9 Å². The molecule has 0 spiro atoms. The van der Waals surface area contributed by atoms with Crippen LogP contribution in [0.4, 0.5) is 4.39 Å². The maximum Gasteiger partial charge on any atom is 0.205 e. The number of Topliss-reactive ketones (excluding diaryl/α,β-unsaturated/α-hetero) is 1. The zero-order valence-corrected chi connectivity index (χ0v) is 14.1. The molecule has 124 valence electrons. The van der Waals surface area contributed by atoms with Gasteiger partial charge in [0.25, 0.3) is 0 Å². The van der Waals surface area contributed by atoms with Crippen LogP contribution in [0.3, 0.4) is 0 Å². The number of nitrogens with zero attached hydrogens (tertiary/aromatic N) is 1. The van der Waals surface area contributed by atoms with Crippen LogP contribution in [-0.2, 0) is 9.53 Å². The molecule has 0 fully saturated rings. The van der Waals surface area contributed by atoms with E-state index in [1.165, 1.54) is 18.2 Å². The largest absolute Gasteiger partial charge is 0.444 e. The predicted octanol–water partition coefficient (Wildman–Crippen LogP) is 3.93. The first-order valence-corrected chi connectivity index (χ1v) is 7.90. The second kappa shape index (κ2) is 5.64. The first kappa shape index (κ1) is 16.5. The Balaban J connectivity index is 2.27. The number of nitrogens with two attached hydrogens (primary N) is 1. The van der Waals surface area contributed by atoms with Gasteiger partial charge >= 0.3 is 0 Å². The molecule has 3 rings (SSSR count). The number of hydrogen-bond donors (Lipinski definition) is 1. The van der Waals surface area contributed by atoms with Crippen molar-refractivity contribution >= 4 is 17.4 Å². The molecule has 1 unspecified atom stereocenters. The molecule has 0 bridgehead atoms. The summed E-state index contributed by atoms with van der Waals surface area (Å²) < 4.78 is 20.0. The smallest absolute Gasteiger partial charge is 0.205 e. The third-order valence-corrected chi connectivity index (χ3v) is 4.69. The van der Waals surface area contributed by atoms with Crippen LogP contribution in [-0.4, -0.2) is 5.78 Å². The molecular weight excluding hydrogens is 331 g/mol. The van der Waals surface area contributed by atoms with E-state index in [9.17, 15) is 14.4 Å². The van der Waals surface area contributed by atoms with Gasteiger partial charge in [-0.3, -0.25) is 4.79 Å². The van der Waals surface area contributed by atoms with Crippen LogP contribution in [0, 0.1) is 22.6 Å². The maximum absolute atomic E-state index is 14.5. The number of ketones is 1.